The van der Waals surface area contributed by atoms with E-state index in [9.17, 15) is 5.11 Å². The van der Waals surface area contributed by atoms with Crippen LogP contribution in [0.4, 0.5) is 0 Å². The Balaban J connectivity index is 1.68. The van der Waals surface area contributed by atoms with E-state index in [1.54, 1.807) is 14.2 Å². The standard InChI is InChI=1S/C21H24NO5/c1-22-7-6-13-8-18-19(27-12-26-18)9-16(13)21(22,23)10-14-4-5-17(24-2)20(25-3)15(14)11-22/h4-5,8-9,23H,6-7,10-12H2,1-3H3/q+1. The van der Waals surface area contributed by atoms with Gasteiger partial charge in [0.15, 0.2) is 23.0 Å². The van der Waals surface area contributed by atoms with Gasteiger partial charge < -0.3 is 24.1 Å². The van der Waals surface area contributed by atoms with Crippen LogP contribution in [-0.2, 0) is 25.1 Å². The molecule has 3 heterocycles. The fraction of sp³-hybridized carbons (Fsp3) is 0.429. The van der Waals surface area contributed by atoms with Gasteiger partial charge in [-0.15, -0.1) is 0 Å². The van der Waals surface area contributed by atoms with Gasteiger partial charge in [0.2, 0.25) is 12.5 Å². The molecule has 6 nitrogen and oxygen atoms in total. The average Bonchev–Trinajstić information content (AvgIpc) is 3.12. The van der Waals surface area contributed by atoms with Crippen molar-refractivity contribution in [3.63, 3.8) is 0 Å². The average molecular weight is 370 g/mol. The number of nitrogens with zero attached hydrogens (tertiary/aromatic N) is 1. The topological polar surface area (TPSA) is 57.2 Å². The number of rotatable bonds is 2. The summed E-state index contributed by atoms with van der Waals surface area (Å²) >= 11 is 0. The van der Waals surface area contributed by atoms with Crippen molar-refractivity contribution in [3.05, 3.63) is 46.5 Å². The first-order chi connectivity index (χ1) is 13.0. The van der Waals surface area contributed by atoms with Crippen molar-refractivity contribution in [2.24, 2.45) is 0 Å². The summed E-state index contributed by atoms with van der Waals surface area (Å²) in [5, 5.41) is 12.0. The molecule has 1 N–H and O–H groups in total. The van der Waals surface area contributed by atoms with Gasteiger partial charge in [0.1, 0.15) is 6.54 Å². The SMILES string of the molecule is COc1ccc2c(c1OC)C[N+]1(C)CCc3cc4c(cc3C1(O)C2)OCO4. The Morgan fingerprint density at radius 2 is 1.85 bits per heavy atom. The van der Waals surface area contributed by atoms with E-state index < -0.39 is 5.72 Å². The van der Waals surface area contributed by atoms with Crippen LogP contribution in [0.2, 0.25) is 0 Å². The maximum atomic E-state index is 12.0. The number of hydrogen-bond acceptors (Lipinski definition) is 5. The molecule has 3 aliphatic heterocycles. The first-order valence-corrected chi connectivity index (χ1v) is 9.22. The van der Waals surface area contributed by atoms with Gasteiger partial charge in [-0.05, 0) is 29.3 Å². The Bertz CT molecular complexity index is 943. The molecule has 2 unspecified atom stereocenters. The molecule has 5 rings (SSSR count). The van der Waals surface area contributed by atoms with E-state index in [-0.39, 0.29) is 6.79 Å². The minimum atomic E-state index is -1.01. The highest BCUT2D eigenvalue weighted by atomic mass is 16.7. The van der Waals surface area contributed by atoms with Crippen LogP contribution in [0.15, 0.2) is 24.3 Å². The van der Waals surface area contributed by atoms with Crippen LogP contribution in [0.1, 0.15) is 22.3 Å². The Labute approximate surface area is 158 Å². The van der Waals surface area contributed by atoms with Crippen molar-refractivity contribution < 1.29 is 28.5 Å². The largest absolute Gasteiger partial charge is 0.493 e. The zero-order valence-corrected chi connectivity index (χ0v) is 15.9. The van der Waals surface area contributed by atoms with E-state index in [1.165, 1.54) is 0 Å². The summed E-state index contributed by atoms with van der Waals surface area (Å²) in [5.74, 6) is 2.99. The van der Waals surface area contributed by atoms with Crippen LogP contribution in [0.3, 0.4) is 0 Å². The maximum absolute atomic E-state index is 12.0. The highest BCUT2D eigenvalue weighted by Gasteiger charge is 2.56. The summed E-state index contributed by atoms with van der Waals surface area (Å²) in [6.07, 6.45) is 1.40. The lowest BCUT2D eigenvalue weighted by molar-refractivity contribution is -1.01. The molecule has 0 amide bonds. The fourth-order valence-electron chi connectivity index (χ4n) is 4.89. The number of quaternary nitrogens is 1. The number of fused-ring (bicyclic) bond motifs is 5. The summed E-state index contributed by atoms with van der Waals surface area (Å²) in [4.78, 5) is 0. The number of ether oxygens (including phenoxy) is 4. The first-order valence-electron chi connectivity index (χ1n) is 9.22. The summed E-state index contributed by atoms with van der Waals surface area (Å²) in [6.45, 7) is 1.76. The lowest BCUT2D eigenvalue weighted by Gasteiger charge is -2.54. The molecule has 6 heteroatoms. The fourth-order valence-corrected chi connectivity index (χ4v) is 4.89. The molecule has 142 valence electrons. The second kappa shape index (κ2) is 5.53. The number of likely N-dealkylation sites (N-methyl/N-ethyl adjacent to an activating group) is 1. The van der Waals surface area contributed by atoms with E-state index in [1.807, 2.05) is 24.3 Å². The van der Waals surface area contributed by atoms with Crippen molar-refractivity contribution in [1.82, 2.24) is 0 Å². The predicted octanol–water partition coefficient (Wildman–Crippen LogP) is 2.34. The van der Waals surface area contributed by atoms with Gasteiger partial charge in [-0.1, -0.05) is 6.07 Å². The second-order valence-corrected chi connectivity index (χ2v) is 7.82. The second-order valence-electron chi connectivity index (χ2n) is 7.82. The highest BCUT2D eigenvalue weighted by Crippen LogP contribution is 2.51. The Morgan fingerprint density at radius 1 is 1.07 bits per heavy atom. The van der Waals surface area contributed by atoms with E-state index in [0.717, 1.165) is 52.5 Å². The maximum Gasteiger partial charge on any atom is 0.232 e. The molecule has 0 saturated carbocycles. The molecule has 0 bridgehead atoms. The molecule has 27 heavy (non-hydrogen) atoms. The summed E-state index contributed by atoms with van der Waals surface area (Å²) < 4.78 is 22.8. The molecule has 0 aliphatic carbocycles. The van der Waals surface area contributed by atoms with E-state index in [2.05, 4.69) is 7.05 Å². The molecular weight excluding hydrogens is 346 g/mol. The normalized spacial score (nSPS) is 27.4. The van der Waals surface area contributed by atoms with Crippen LogP contribution < -0.4 is 18.9 Å². The Hall–Kier alpha value is -2.44. The van der Waals surface area contributed by atoms with Gasteiger partial charge in [-0.3, -0.25) is 4.48 Å². The van der Waals surface area contributed by atoms with Crippen LogP contribution in [-0.4, -0.2) is 44.2 Å². The van der Waals surface area contributed by atoms with E-state index in [0.29, 0.717) is 23.2 Å². The van der Waals surface area contributed by atoms with Crippen molar-refractivity contribution in [3.8, 4) is 23.0 Å². The van der Waals surface area contributed by atoms with Crippen LogP contribution in [0.25, 0.3) is 0 Å². The third-order valence-electron chi connectivity index (χ3n) is 6.49. The van der Waals surface area contributed by atoms with Crippen molar-refractivity contribution >= 4 is 0 Å². The third-order valence-corrected chi connectivity index (χ3v) is 6.49. The molecule has 0 aromatic heterocycles. The first kappa shape index (κ1) is 16.7. The molecule has 0 saturated heterocycles. The van der Waals surface area contributed by atoms with Gasteiger partial charge in [0, 0.05) is 12.0 Å². The van der Waals surface area contributed by atoms with Crippen LogP contribution in [0, 0.1) is 0 Å². The van der Waals surface area contributed by atoms with Gasteiger partial charge in [0.05, 0.1) is 39.8 Å². The Morgan fingerprint density at radius 3 is 2.59 bits per heavy atom. The zero-order valence-electron chi connectivity index (χ0n) is 15.9. The van der Waals surface area contributed by atoms with Crippen molar-refractivity contribution in [2.45, 2.75) is 25.1 Å². The lowest BCUT2D eigenvalue weighted by atomic mass is 9.78. The molecular formula is C21H24NO5+. The zero-order chi connectivity index (χ0) is 18.8. The summed E-state index contributed by atoms with van der Waals surface area (Å²) in [7, 11) is 5.44. The van der Waals surface area contributed by atoms with Gasteiger partial charge in [-0.25, -0.2) is 0 Å². The van der Waals surface area contributed by atoms with Gasteiger partial charge in [0.25, 0.3) is 0 Å². The summed E-state index contributed by atoms with van der Waals surface area (Å²) in [5.41, 5.74) is 3.29. The van der Waals surface area contributed by atoms with Crippen LogP contribution >= 0.6 is 0 Å². The van der Waals surface area contributed by atoms with E-state index in [4.69, 9.17) is 18.9 Å². The molecule has 2 aromatic carbocycles. The lowest BCUT2D eigenvalue weighted by Crippen LogP contribution is -2.65. The van der Waals surface area contributed by atoms with Gasteiger partial charge in [-0.2, -0.15) is 0 Å². The number of aliphatic hydroxyl groups is 1. The van der Waals surface area contributed by atoms with Gasteiger partial charge >= 0.3 is 0 Å². The molecule has 0 fully saturated rings. The molecule has 0 spiro atoms. The number of benzene rings is 2. The minimum absolute atomic E-state index is 0.239. The Kier molecular flexibility index (Phi) is 3.42. The monoisotopic (exact) mass is 370 g/mol. The predicted molar refractivity (Wildman–Crippen MR) is 98.2 cm³/mol. The van der Waals surface area contributed by atoms with Crippen molar-refractivity contribution in [1.29, 1.82) is 0 Å². The number of methoxy groups -OCH3 is 2. The molecule has 3 aliphatic rings. The number of hydrogen-bond donors (Lipinski definition) is 1. The molecule has 2 aromatic rings. The summed E-state index contributed by atoms with van der Waals surface area (Å²) in [6, 6.07) is 7.96. The molecule has 2 atom stereocenters. The highest BCUT2D eigenvalue weighted by molar-refractivity contribution is 5.54. The molecule has 0 radical (unpaired) electrons. The van der Waals surface area contributed by atoms with Crippen LogP contribution in [0.5, 0.6) is 23.0 Å². The minimum Gasteiger partial charge on any atom is -0.493 e. The van der Waals surface area contributed by atoms with E-state index >= 15 is 0 Å². The third kappa shape index (κ3) is 2.14. The quantitative estimate of drug-likeness (QED) is 0.823. The smallest absolute Gasteiger partial charge is 0.232 e. The van der Waals surface area contributed by atoms with Crippen molar-refractivity contribution in [2.75, 3.05) is 34.6 Å².